The fraction of sp³-hybridized carbons (Fsp3) is 0.500. The summed E-state index contributed by atoms with van der Waals surface area (Å²) in [6, 6.07) is 18.3. The molecule has 1 unspecified atom stereocenters. The number of piperidine rings is 1. The number of carbonyl (C=O) groups is 1. The normalized spacial score (nSPS) is 16.2. The van der Waals surface area contributed by atoms with Gasteiger partial charge in [-0.05, 0) is 74.9 Å². The van der Waals surface area contributed by atoms with Gasteiger partial charge in [-0.1, -0.05) is 54.1 Å². The van der Waals surface area contributed by atoms with E-state index in [-0.39, 0.29) is 12.1 Å². The molecule has 168 valence electrons. The number of hydrogen-bond acceptors (Lipinski definition) is 4. The quantitative estimate of drug-likeness (QED) is 0.406. The highest BCUT2D eigenvalue weighted by Gasteiger charge is 2.20. The first kappa shape index (κ1) is 23.8. The molecule has 1 aliphatic rings. The molecule has 0 aromatic heterocycles. The van der Waals surface area contributed by atoms with Crippen LogP contribution in [-0.4, -0.2) is 43.7 Å². The third-order valence-corrected chi connectivity index (χ3v) is 6.22. The summed E-state index contributed by atoms with van der Waals surface area (Å²) in [4.78, 5) is 14.0. The van der Waals surface area contributed by atoms with Crippen LogP contribution in [0.25, 0.3) is 0 Å². The van der Waals surface area contributed by atoms with Gasteiger partial charge in [-0.25, -0.2) is 0 Å². The second-order valence-corrected chi connectivity index (χ2v) is 8.63. The molecule has 0 bridgehead atoms. The fourth-order valence-corrected chi connectivity index (χ4v) is 4.34. The zero-order valence-electron chi connectivity index (χ0n) is 18.5. The Morgan fingerprint density at radius 2 is 1.74 bits per heavy atom. The third kappa shape index (κ3) is 7.95. The van der Waals surface area contributed by atoms with Crippen molar-refractivity contribution >= 4 is 17.6 Å². The molecule has 0 radical (unpaired) electrons. The minimum absolute atomic E-state index is 0.0641. The molecule has 0 N–H and O–H groups in total. The number of nitrogens with zero attached hydrogens (tertiary/aromatic N) is 1. The number of rotatable bonds is 11. The van der Waals surface area contributed by atoms with Gasteiger partial charge in [0.05, 0.1) is 13.2 Å². The largest absolute Gasteiger partial charge is 0.466 e. The lowest BCUT2D eigenvalue weighted by atomic mass is 9.91. The van der Waals surface area contributed by atoms with E-state index in [1.807, 2.05) is 49.4 Å². The maximum absolute atomic E-state index is 11.5. The minimum atomic E-state index is -0.0844. The van der Waals surface area contributed by atoms with Crippen LogP contribution < -0.4 is 0 Å². The fourth-order valence-electron chi connectivity index (χ4n) is 4.22. The summed E-state index contributed by atoms with van der Waals surface area (Å²) >= 11 is 6.07. The highest BCUT2D eigenvalue weighted by molar-refractivity contribution is 6.30. The first-order chi connectivity index (χ1) is 15.2. The van der Waals surface area contributed by atoms with Gasteiger partial charge in [-0.15, -0.1) is 0 Å². The van der Waals surface area contributed by atoms with Crippen LogP contribution in [0.4, 0.5) is 0 Å². The van der Waals surface area contributed by atoms with Gasteiger partial charge in [0, 0.05) is 18.0 Å². The van der Waals surface area contributed by atoms with E-state index in [0.29, 0.717) is 19.6 Å². The van der Waals surface area contributed by atoms with Crippen molar-refractivity contribution in [1.29, 1.82) is 0 Å². The van der Waals surface area contributed by atoms with E-state index in [1.165, 1.54) is 12.8 Å². The Morgan fingerprint density at radius 1 is 1.06 bits per heavy atom. The van der Waals surface area contributed by atoms with Crippen LogP contribution >= 0.6 is 11.6 Å². The lowest BCUT2D eigenvalue weighted by Crippen LogP contribution is -2.36. The molecule has 5 heteroatoms. The predicted molar refractivity (Wildman–Crippen MR) is 125 cm³/mol. The van der Waals surface area contributed by atoms with Crippen molar-refractivity contribution in [3.8, 4) is 0 Å². The summed E-state index contributed by atoms with van der Waals surface area (Å²) in [5, 5.41) is 0.737. The van der Waals surface area contributed by atoms with Gasteiger partial charge in [0.15, 0.2) is 0 Å². The number of hydrogen-bond donors (Lipinski definition) is 0. The molecule has 1 saturated heterocycles. The van der Waals surface area contributed by atoms with E-state index in [4.69, 9.17) is 21.1 Å². The van der Waals surface area contributed by atoms with Gasteiger partial charge < -0.3 is 14.4 Å². The second kappa shape index (κ2) is 12.8. The molecule has 0 amide bonds. The van der Waals surface area contributed by atoms with E-state index >= 15 is 0 Å². The summed E-state index contributed by atoms with van der Waals surface area (Å²) in [7, 11) is 0. The van der Waals surface area contributed by atoms with Crippen molar-refractivity contribution in [2.24, 2.45) is 5.92 Å². The highest BCUT2D eigenvalue weighted by Crippen LogP contribution is 2.27. The summed E-state index contributed by atoms with van der Waals surface area (Å²) in [6.07, 6.45) is 4.92. The molecule has 31 heavy (non-hydrogen) atoms. The number of benzene rings is 2. The Morgan fingerprint density at radius 3 is 2.42 bits per heavy atom. The van der Waals surface area contributed by atoms with Gasteiger partial charge in [-0.3, -0.25) is 4.79 Å². The molecule has 0 spiro atoms. The summed E-state index contributed by atoms with van der Waals surface area (Å²) in [6.45, 7) is 6.16. The minimum Gasteiger partial charge on any atom is -0.466 e. The molecule has 1 heterocycles. The van der Waals surface area contributed by atoms with E-state index in [0.717, 1.165) is 54.5 Å². The first-order valence-corrected chi connectivity index (χ1v) is 11.8. The number of likely N-dealkylation sites (tertiary alicyclic amines) is 1. The van der Waals surface area contributed by atoms with Crippen molar-refractivity contribution in [2.45, 2.75) is 45.1 Å². The van der Waals surface area contributed by atoms with Crippen LogP contribution in [0.5, 0.6) is 0 Å². The highest BCUT2D eigenvalue weighted by atomic mass is 35.5. The lowest BCUT2D eigenvalue weighted by molar-refractivity contribution is -0.143. The lowest BCUT2D eigenvalue weighted by Gasteiger charge is -2.32. The van der Waals surface area contributed by atoms with Gasteiger partial charge in [0.1, 0.15) is 6.10 Å². The first-order valence-electron chi connectivity index (χ1n) is 11.5. The van der Waals surface area contributed by atoms with Gasteiger partial charge in [-0.2, -0.15) is 0 Å². The van der Waals surface area contributed by atoms with Crippen LogP contribution in [0.1, 0.15) is 56.3 Å². The Hall–Kier alpha value is -1.88. The Labute approximate surface area is 191 Å². The van der Waals surface area contributed by atoms with Crippen molar-refractivity contribution in [2.75, 3.05) is 32.8 Å². The van der Waals surface area contributed by atoms with Crippen LogP contribution in [0.2, 0.25) is 5.02 Å². The molecular formula is C26H34ClNO3. The average Bonchev–Trinajstić information content (AvgIpc) is 2.79. The number of halogens is 1. The Bertz CT molecular complexity index is 773. The summed E-state index contributed by atoms with van der Waals surface area (Å²) in [5.74, 6) is 0.656. The van der Waals surface area contributed by atoms with Gasteiger partial charge in [0.25, 0.3) is 0 Å². The maximum atomic E-state index is 11.5. The van der Waals surface area contributed by atoms with Crippen molar-refractivity contribution in [1.82, 2.24) is 4.90 Å². The zero-order valence-corrected chi connectivity index (χ0v) is 19.2. The molecule has 1 fully saturated rings. The molecule has 1 atom stereocenters. The van der Waals surface area contributed by atoms with Crippen molar-refractivity contribution < 1.29 is 14.3 Å². The van der Waals surface area contributed by atoms with Crippen molar-refractivity contribution in [3.63, 3.8) is 0 Å². The van der Waals surface area contributed by atoms with Crippen LogP contribution in [0.3, 0.4) is 0 Å². The molecule has 4 nitrogen and oxygen atoms in total. The maximum Gasteiger partial charge on any atom is 0.305 e. The van der Waals surface area contributed by atoms with Crippen LogP contribution in [-0.2, 0) is 14.3 Å². The van der Waals surface area contributed by atoms with E-state index < -0.39 is 0 Å². The van der Waals surface area contributed by atoms with Gasteiger partial charge >= 0.3 is 5.97 Å². The zero-order chi connectivity index (χ0) is 21.9. The average molecular weight is 444 g/mol. The SMILES string of the molecule is CCOC(=O)CCCC1CCN(CCOC(c2ccccc2)c2ccc(Cl)cc2)CC1. The summed E-state index contributed by atoms with van der Waals surface area (Å²) in [5.41, 5.74) is 2.28. The molecular weight excluding hydrogens is 410 g/mol. The van der Waals surface area contributed by atoms with Gasteiger partial charge in [0.2, 0.25) is 0 Å². The molecule has 0 saturated carbocycles. The standard InChI is InChI=1S/C26H34ClNO3/c1-2-30-25(29)10-6-7-21-15-17-28(18-16-21)19-20-31-26(22-8-4-3-5-9-22)23-11-13-24(27)14-12-23/h3-5,8-9,11-14,21,26H,2,6-7,10,15-20H2,1H3. The van der Waals surface area contributed by atoms with Crippen molar-refractivity contribution in [3.05, 3.63) is 70.7 Å². The summed E-state index contributed by atoms with van der Waals surface area (Å²) < 4.78 is 11.4. The second-order valence-electron chi connectivity index (χ2n) is 8.20. The smallest absolute Gasteiger partial charge is 0.305 e. The molecule has 3 rings (SSSR count). The number of ether oxygens (including phenoxy) is 2. The molecule has 2 aromatic rings. The van der Waals surface area contributed by atoms with Crippen LogP contribution in [0, 0.1) is 5.92 Å². The Kier molecular flexibility index (Phi) is 9.85. The molecule has 1 aliphatic heterocycles. The number of esters is 1. The predicted octanol–water partition coefficient (Wildman–Crippen LogP) is 5.89. The van der Waals surface area contributed by atoms with E-state index in [1.54, 1.807) is 0 Å². The Balaban J connectivity index is 1.42. The monoisotopic (exact) mass is 443 g/mol. The molecule has 2 aromatic carbocycles. The topological polar surface area (TPSA) is 38.8 Å². The van der Waals surface area contributed by atoms with E-state index in [9.17, 15) is 4.79 Å². The molecule has 0 aliphatic carbocycles. The van der Waals surface area contributed by atoms with Crippen LogP contribution in [0.15, 0.2) is 54.6 Å². The third-order valence-electron chi connectivity index (χ3n) is 5.97. The van der Waals surface area contributed by atoms with E-state index in [2.05, 4.69) is 17.0 Å². The number of carbonyl (C=O) groups excluding carboxylic acids is 1.